The van der Waals surface area contributed by atoms with Gasteiger partial charge in [-0.2, -0.15) is 0 Å². The first-order valence-electron chi connectivity index (χ1n) is 7.60. The largest absolute Gasteiger partial charge is 0.373 e. The van der Waals surface area contributed by atoms with Crippen LogP contribution >= 0.6 is 0 Å². The highest BCUT2D eigenvalue weighted by Gasteiger charge is 2.14. The molecule has 0 aliphatic rings. The van der Waals surface area contributed by atoms with Crippen LogP contribution in [0.4, 0.5) is 11.5 Å². The Kier molecular flexibility index (Phi) is 7.05. The minimum Gasteiger partial charge on any atom is -0.373 e. The van der Waals surface area contributed by atoms with Gasteiger partial charge in [-0.1, -0.05) is 27.2 Å². The van der Waals surface area contributed by atoms with Crippen LogP contribution in [0.2, 0.25) is 0 Å². The average molecular weight is 277 g/mol. The molecule has 112 valence electrons. The van der Waals surface area contributed by atoms with E-state index in [2.05, 4.69) is 29.2 Å². The summed E-state index contributed by atoms with van der Waals surface area (Å²) in [6.45, 7) is 7.28. The second-order valence-corrected chi connectivity index (χ2v) is 5.18. The van der Waals surface area contributed by atoms with Gasteiger partial charge in [0.25, 0.3) is 0 Å². The maximum Gasteiger partial charge on any atom is 0.228 e. The number of nitrogens with zero attached hydrogens (tertiary/aromatic N) is 2. The molecule has 0 saturated carbocycles. The lowest BCUT2D eigenvalue weighted by molar-refractivity contribution is -0.120. The Balaban J connectivity index is 2.60. The lowest BCUT2D eigenvalue weighted by atomic mass is 10.0. The number of carbonyl (C=O) groups is 1. The molecule has 0 atom stereocenters. The number of unbranched alkanes of at least 4 members (excludes halogenated alkanes) is 1. The van der Waals surface area contributed by atoms with Crippen molar-refractivity contribution < 1.29 is 4.79 Å². The van der Waals surface area contributed by atoms with Crippen LogP contribution in [-0.4, -0.2) is 24.5 Å². The van der Waals surface area contributed by atoms with E-state index in [1.807, 2.05) is 32.2 Å². The molecule has 1 amide bonds. The highest BCUT2D eigenvalue weighted by Crippen LogP contribution is 2.16. The van der Waals surface area contributed by atoms with Crippen molar-refractivity contribution in [2.75, 3.05) is 23.8 Å². The molecule has 20 heavy (non-hydrogen) atoms. The molecule has 0 spiro atoms. The van der Waals surface area contributed by atoms with Gasteiger partial charge in [-0.15, -0.1) is 0 Å². The van der Waals surface area contributed by atoms with Crippen LogP contribution in [-0.2, 0) is 4.79 Å². The Bertz CT molecular complexity index is 399. The number of pyridine rings is 1. The molecule has 4 nitrogen and oxygen atoms in total. The van der Waals surface area contributed by atoms with Gasteiger partial charge in [0.15, 0.2) is 0 Å². The summed E-state index contributed by atoms with van der Waals surface area (Å²) in [5.74, 6) is 0.771. The van der Waals surface area contributed by atoms with E-state index in [1.54, 1.807) is 0 Å². The van der Waals surface area contributed by atoms with Gasteiger partial charge >= 0.3 is 0 Å². The fourth-order valence-corrected chi connectivity index (χ4v) is 2.10. The zero-order valence-electron chi connectivity index (χ0n) is 13.1. The third kappa shape index (κ3) is 4.83. The first kappa shape index (κ1) is 16.5. The highest BCUT2D eigenvalue weighted by molar-refractivity contribution is 5.91. The fourth-order valence-electron chi connectivity index (χ4n) is 2.10. The van der Waals surface area contributed by atoms with Crippen molar-refractivity contribution in [2.45, 2.75) is 46.5 Å². The van der Waals surface area contributed by atoms with Gasteiger partial charge in [-0.25, -0.2) is 4.98 Å². The Labute approximate surface area is 122 Å². The Morgan fingerprint density at radius 2 is 2.00 bits per heavy atom. The zero-order valence-corrected chi connectivity index (χ0v) is 13.1. The molecule has 0 radical (unpaired) electrons. The number of amides is 1. The molecular weight excluding hydrogens is 250 g/mol. The third-order valence-corrected chi connectivity index (χ3v) is 3.64. The van der Waals surface area contributed by atoms with E-state index < -0.39 is 0 Å². The van der Waals surface area contributed by atoms with E-state index in [9.17, 15) is 4.79 Å². The Morgan fingerprint density at radius 3 is 2.50 bits per heavy atom. The minimum absolute atomic E-state index is 0.0644. The number of rotatable bonds is 8. The van der Waals surface area contributed by atoms with Crippen LogP contribution in [0.1, 0.15) is 46.5 Å². The number of anilines is 2. The van der Waals surface area contributed by atoms with Crippen molar-refractivity contribution in [1.82, 2.24) is 4.98 Å². The van der Waals surface area contributed by atoms with E-state index in [0.29, 0.717) is 5.82 Å². The summed E-state index contributed by atoms with van der Waals surface area (Å²) in [7, 11) is 2.06. The second kappa shape index (κ2) is 8.56. The van der Waals surface area contributed by atoms with Crippen molar-refractivity contribution in [3.8, 4) is 0 Å². The molecule has 0 saturated heterocycles. The van der Waals surface area contributed by atoms with E-state index >= 15 is 0 Å². The monoisotopic (exact) mass is 277 g/mol. The average Bonchev–Trinajstić information content (AvgIpc) is 2.46. The van der Waals surface area contributed by atoms with Gasteiger partial charge in [0.05, 0.1) is 11.9 Å². The highest BCUT2D eigenvalue weighted by atomic mass is 16.1. The van der Waals surface area contributed by atoms with Crippen molar-refractivity contribution in [3.63, 3.8) is 0 Å². The van der Waals surface area contributed by atoms with Gasteiger partial charge < -0.3 is 10.2 Å². The van der Waals surface area contributed by atoms with Crippen molar-refractivity contribution in [3.05, 3.63) is 18.3 Å². The van der Waals surface area contributed by atoms with Gasteiger partial charge in [-0.3, -0.25) is 4.79 Å². The molecule has 1 heterocycles. The van der Waals surface area contributed by atoms with Gasteiger partial charge in [0, 0.05) is 19.5 Å². The topological polar surface area (TPSA) is 45.2 Å². The maximum atomic E-state index is 12.0. The standard InChI is InChI=1S/C16H27N3O/c1-5-8-11-19(4)14-9-10-15(17-12-14)18-16(20)13(6-2)7-3/h9-10,12-13H,5-8,11H2,1-4H3,(H,17,18,20). The van der Waals surface area contributed by atoms with Gasteiger partial charge in [0.1, 0.15) is 5.82 Å². The summed E-state index contributed by atoms with van der Waals surface area (Å²) in [4.78, 5) is 18.5. The van der Waals surface area contributed by atoms with Crippen LogP contribution in [0.15, 0.2) is 18.3 Å². The van der Waals surface area contributed by atoms with Crippen LogP contribution in [0.5, 0.6) is 0 Å². The molecule has 0 aromatic carbocycles. The smallest absolute Gasteiger partial charge is 0.228 e. The predicted octanol–water partition coefficient (Wildman–Crippen LogP) is 3.69. The molecule has 1 N–H and O–H groups in total. The number of aromatic nitrogens is 1. The molecular formula is C16H27N3O. The van der Waals surface area contributed by atoms with Crippen molar-refractivity contribution in [2.24, 2.45) is 5.92 Å². The summed E-state index contributed by atoms with van der Waals surface area (Å²) in [6, 6.07) is 3.88. The van der Waals surface area contributed by atoms with Crippen molar-refractivity contribution in [1.29, 1.82) is 0 Å². The molecule has 1 rings (SSSR count). The molecule has 1 aromatic heterocycles. The number of nitrogens with one attached hydrogen (secondary N) is 1. The molecule has 4 heteroatoms. The third-order valence-electron chi connectivity index (χ3n) is 3.64. The van der Waals surface area contributed by atoms with Crippen LogP contribution in [0, 0.1) is 5.92 Å². The molecule has 1 aromatic rings. The SMILES string of the molecule is CCCCN(C)c1ccc(NC(=O)C(CC)CC)nc1. The first-order valence-corrected chi connectivity index (χ1v) is 7.60. The second-order valence-electron chi connectivity index (χ2n) is 5.18. The summed E-state index contributed by atoms with van der Waals surface area (Å²) in [6.07, 6.45) is 5.89. The lowest BCUT2D eigenvalue weighted by Crippen LogP contribution is -2.22. The van der Waals surface area contributed by atoms with E-state index in [0.717, 1.165) is 25.1 Å². The fraction of sp³-hybridized carbons (Fsp3) is 0.625. The van der Waals surface area contributed by atoms with Crippen LogP contribution in [0.3, 0.4) is 0 Å². The number of hydrogen-bond donors (Lipinski definition) is 1. The molecule has 0 fully saturated rings. The van der Waals surface area contributed by atoms with Gasteiger partial charge in [0.2, 0.25) is 5.91 Å². The summed E-state index contributed by atoms with van der Waals surface area (Å²) in [5, 5.41) is 2.88. The van der Waals surface area contributed by atoms with Crippen molar-refractivity contribution >= 4 is 17.4 Å². The molecule has 0 aliphatic heterocycles. The summed E-state index contributed by atoms with van der Waals surface area (Å²) < 4.78 is 0. The maximum absolute atomic E-state index is 12.0. The number of hydrogen-bond acceptors (Lipinski definition) is 3. The molecule has 0 aliphatic carbocycles. The van der Waals surface area contributed by atoms with Crippen LogP contribution in [0.25, 0.3) is 0 Å². The Hall–Kier alpha value is -1.58. The van der Waals surface area contributed by atoms with E-state index in [1.165, 1.54) is 12.8 Å². The molecule has 0 unspecified atom stereocenters. The minimum atomic E-state index is 0.0644. The van der Waals surface area contributed by atoms with Gasteiger partial charge in [-0.05, 0) is 31.4 Å². The van der Waals surface area contributed by atoms with Crippen LogP contribution < -0.4 is 10.2 Å². The zero-order chi connectivity index (χ0) is 15.0. The lowest BCUT2D eigenvalue weighted by Gasteiger charge is -2.19. The summed E-state index contributed by atoms with van der Waals surface area (Å²) in [5.41, 5.74) is 1.08. The first-order chi connectivity index (χ1) is 9.62. The summed E-state index contributed by atoms with van der Waals surface area (Å²) >= 11 is 0. The molecule has 0 bridgehead atoms. The Morgan fingerprint density at radius 1 is 1.30 bits per heavy atom. The predicted molar refractivity (Wildman–Crippen MR) is 85.1 cm³/mol. The van der Waals surface area contributed by atoms with E-state index in [4.69, 9.17) is 0 Å². The normalized spacial score (nSPS) is 10.7. The number of carbonyl (C=O) groups excluding carboxylic acids is 1. The quantitative estimate of drug-likeness (QED) is 0.788. The van der Waals surface area contributed by atoms with E-state index in [-0.39, 0.29) is 11.8 Å².